The molecule has 0 aromatic rings. The lowest BCUT2D eigenvalue weighted by atomic mass is 9.80. The Bertz CT molecular complexity index is 421. The Hall–Kier alpha value is 0.00494. The van der Waals surface area contributed by atoms with Crippen LogP contribution >= 0.6 is 8.03 Å². The Balaban J connectivity index is 1.85. The smallest absolute Gasteiger partial charge is 0.390 e. The molecular formula is C16H29BO5P+. The highest BCUT2D eigenvalue weighted by molar-refractivity contribution is 7.39. The van der Waals surface area contributed by atoms with E-state index in [1.165, 1.54) is 0 Å². The summed E-state index contributed by atoms with van der Waals surface area (Å²) in [7, 11) is 4.15. The first-order chi connectivity index (χ1) is 10.7. The van der Waals surface area contributed by atoms with Gasteiger partial charge in [0.25, 0.3) is 0 Å². The first kappa shape index (κ1) is 19.3. The van der Waals surface area contributed by atoms with E-state index >= 15 is 0 Å². The quantitative estimate of drug-likeness (QED) is 0.592. The molecule has 1 N–H and O–H groups in total. The Morgan fingerprint density at radius 2 is 1.87 bits per heavy atom. The normalized spacial score (nSPS) is 44.9. The van der Waals surface area contributed by atoms with Crippen LogP contribution in [0.2, 0.25) is 0 Å². The highest BCUT2D eigenvalue weighted by atomic mass is 31.1. The van der Waals surface area contributed by atoms with E-state index in [1.807, 2.05) is 20.8 Å². The second kappa shape index (κ2) is 7.92. The molecule has 0 saturated carbocycles. The van der Waals surface area contributed by atoms with Gasteiger partial charge in [-0.25, -0.2) is 0 Å². The van der Waals surface area contributed by atoms with E-state index < -0.39 is 20.2 Å². The van der Waals surface area contributed by atoms with Crippen molar-refractivity contribution in [2.75, 3.05) is 12.8 Å². The molecule has 0 aromatic heterocycles. The van der Waals surface area contributed by atoms with Gasteiger partial charge < -0.3 is 14.6 Å². The maximum atomic E-state index is 12.3. The first-order valence-electron chi connectivity index (χ1n) is 8.54. The van der Waals surface area contributed by atoms with Gasteiger partial charge in [0.05, 0.1) is 18.3 Å². The lowest BCUT2D eigenvalue weighted by molar-refractivity contribution is -0.00959. The first-order valence-corrected chi connectivity index (χ1v) is 9.90. The summed E-state index contributed by atoms with van der Waals surface area (Å²) in [6, 6.07) is -0.308. The fourth-order valence-corrected chi connectivity index (χ4v) is 4.79. The third-order valence-corrected chi connectivity index (χ3v) is 6.54. The molecule has 3 unspecified atom stereocenters. The van der Waals surface area contributed by atoms with Gasteiger partial charge >= 0.3 is 8.03 Å². The van der Waals surface area contributed by atoms with Crippen molar-refractivity contribution in [1.82, 2.24) is 0 Å². The van der Waals surface area contributed by atoms with Crippen molar-refractivity contribution >= 4 is 15.9 Å². The SMILES string of the molecule is [B][C@@H]1O[C@H](C(C)C)[C@H](C[P+](=O)OC[C@H]2O[C@@H](C)C(C)[C@H]2O)C1C. The largest absolute Gasteiger partial charge is 0.508 e. The molecule has 9 atom stereocenters. The van der Waals surface area contributed by atoms with Crippen LogP contribution in [0.25, 0.3) is 0 Å². The minimum Gasteiger partial charge on any atom is -0.390 e. The van der Waals surface area contributed by atoms with E-state index in [0.29, 0.717) is 12.1 Å². The van der Waals surface area contributed by atoms with E-state index in [2.05, 4.69) is 13.8 Å². The predicted octanol–water partition coefficient (Wildman–Crippen LogP) is 2.33. The van der Waals surface area contributed by atoms with Crippen LogP contribution in [0, 0.1) is 23.7 Å². The molecule has 23 heavy (non-hydrogen) atoms. The van der Waals surface area contributed by atoms with Gasteiger partial charge in [-0.2, -0.15) is 0 Å². The summed E-state index contributed by atoms with van der Waals surface area (Å²) in [4.78, 5) is 0. The molecule has 0 spiro atoms. The fraction of sp³-hybridized carbons (Fsp3) is 1.00. The van der Waals surface area contributed by atoms with Crippen molar-refractivity contribution in [2.45, 2.75) is 65.0 Å². The molecular weight excluding hydrogens is 314 g/mol. The van der Waals surface area contributed by atoms with Gasteiger partial charge in [-0.05, 0) is 23.3 Å². The zero-order valence-electron chi connectivity index (χ0n) is 14.7. The van der Waals surface area contributed by atoms with Crippen LogP contribution in [0.3, 0.4) is 0 Å². The number of hydrogen-bond acceptors (Lipinski definition) is 5. The van der Waals surface area contributed by atoms with Crippen LogP contribution in [-0.2, 0) is 18.6 Å². The van der Waals surface area contributed by atoms with Crippen LogP contribution < -0.4 is 0 Å². The molecule has 0 aromatic carbocycles. The van der Waals surface area contributed by atoms with Crippen molar-refractivity contribution in [3.8, 4) is 0 Å². The highest BCUT2D eigenvalue weighted by Gasteiger charge is 2.46. The van der Waals surface area contributed by atoms with Crippen LogP contribution in [0.1, 0.15) is 34.6 Å². The molecule has 2 saturated heterocycles. The monoisotopic (exact) mass is 343 g/mol. The van der Waals surface area contributed by atoms with Crippen LogP contribution in [0.5, 0.6) is 0 Å². The van der Waals surface area contributed by atoms with Crippen LogP contribution in [-0.4, -0.2) is 56.1 Å². The maximum Gasteiger partial charge on any atom is 0.508 e. The summed E-state index contributed by atoms with van der Waals surface area (Å²) in [6.45, 7) is 10.2. The van der Waals surface area contributed by atoms with Crippen molar-refractivity contribution in [2.24, 2.45) is 23.7 Å². The van der Waals surface area contributed by atoms with Gasteiger partial charge in [-0.1, -0.05) is 27.7 Å². The standard InChI is InChI=1S/C16H29BO5P/c1-8(2)15-12(10(4)16(17)22-15)7-23(19)20-6-13-14(18)9(3)11(5)21-13/h8-16,18H,6-7H2,1-5H3/q+1/t9?,10?,11-,12+,13+,14+,15+,16+/m0/s1. The molecule has 0 aliphatic carbocycles. The Morgan fingerprint density at radius 3 is 2.39 bits per heavy atom. The zero-order valence-corrected chi connectivity index (χ0v) is 15.6. The summed E-state index contributed by atoms with van der Waals surface area (Å²) in [5.74, 6) is 0.660. The average Bonchev–Trinajstić information content (AvgIpc) is 2.90. The second-order valence-electron chi connectivity index (χ2n) is 7.37. The van der Waals surface area contributed by atoms with Gasteiger partial charge in [0.1, 0.15) is 20.6 Å². The van der Waals surface area contributed by atoms with E-state index in [4.69, 9.17) is 21.8 Å². The van der Waals surface area contributed by atoms with Gasteiger partial charge in [0, 0.05) is 17.8 Å². The number of rotatable bonds is 6. The lowest BCUT2D eigenvalue weighted by Gasteiger charge is -2.20. The highest BCUT2D eigenvalue weighted by Crippen LogP contribution is 2.41. The molecule has 2 rings (SSSR count). The van der Waals surface area contributed by atoms with Crippen molar-refractivity contribution in [3.05, 3.63) is 0 Å². The van der Waals surface area contributed by atoms with Gasteiger partial charge in [-0.15, -0.1) is 4.52 Å². The number of hydrogen-bond donors (Lipinski definition) is 1. The molecule has 0 amide bonds. The molecule has 0 bridgehead atoms. The Labute approximate surface area is 141 Å². The molecule has 2 aliphatic heterocycles. The maximum absolute atomic E-state index is 12.3. The minimum atomic E-state index is -1.83. The summed E-state index contributed by atoms with van der Waals surface area (Å²) in [5.41, 5.74) is 0. The fourth-order valence-electron chi connectivity index (χ4n) is 3.49. The third kappa shape index (κ3) is 4.35. The molecule has 130 valence electrons. The molecule has 5 nitrogen and oxygen atoms in total. The van der Waals surface area contributed by atoms with Gasteiger partial charge in [0.15, 0.2) is 6.16 Å². The van der Waals surface area contributed by atoms with Crippen LogP contribution in [0.15, 0.2) is 0 Å². The summed E-state index contributed by atoms with van der Waals surface area (Å²) in [6.07, 6.45) is -0.543. The topological polar surface area (TPSA) is 65.0 Å². The molecule has 2 aliphatic rings. The third-order valence-electron chi connectivity index (χ3n) is 5.38. The molecule has 2 radical (unpaired) electrons. The second-order valence-corrected chi connectivity index (χ2v) is 8.66. The molecule has 2 heterocycles. The van der Waals surface area contributed by atoms with Crippen molar-refractivity contribution in [3.63, 3.8) is 0 Å². The zero-order chi connectivity index (χ0) is 17.3. The van der Waals surface area contributed by atoms with Crippen molar-refractivity contribution < 1.29 is 23.7 Å². The van der Waals surface area contributed by atoms with E-state index in [9.17, 15) is 9.67 Å². The van der Waals surface area contributed by atoms with Crippen LogP contribution in [0.4, 0.5) is 0 Å². The number of ether oxygens (including phenoxy) is 2. The molecule has 2 fully saturated rings. The van der Waals surface area contributed by atoms with E-state index in [0.717, 1.165) is 0 Å². The minimum absolute atomic E-state index is 0.0101. The average molecular weight is 343 g/mol. The van der Waals surface area contributed by atoms with Gasteiger partial charge in [-0.3, -0.25) is 0 Å². The Kier molecular flexibility index (Phi) is 6.66. The predicted molar refractivity (Wildman–Crippen MR) is 89.8 cm³/mol. The number of aliphatic hydroxyl groups excluding tert-OH is 1. The summed E-state index contributed by atoms with van der Waals surface area (Å²) < 4.78 is 29.3. The van der Waals surface area contributed by atoms with E-state index in [-0.39, 0.29) is 42.6 Å². The molecule has 7 heteroatoms. The van der Waals surface area contributed by atoms with Crippen molar-refractivity contribution in [1.29, 1.82) is 0 Å². The lowest BCUT2D eigenvalue weighted by Crippen LogP contribution is -2.29. The number of aliphatic hydroxyl groups is 1. The Morgan fingerprint density at radius 1 is 1.22 bits per heavy atom. The summed E-state index contributed by atoms with van der Waals surface area (Å²) >= 11 is 0. The summed E-state index contributed by atoms with van der Waals surface area (Å²) in [5, 5.41) is 10.1. The van der Waals surface area contributed by atoms with E-state index in [1.54, 1.807) is 0 Å². The van der Waals surface area contributed by atoms with Gasteiger partial charge in [0.2, 0.25) is 0 Å².